The van der Waals surface area contributed by atoms with Gasteiger partial charge in [-0.15, -0.1) is 0 Å². The minimum atomic E-state index is -0.299. The number of methoxy groups -OCH3 is 1. The molecule has 156 valence electrons. The normalized spacial score (nSPS) is 10.5. The second kappa shape index (κ2) is 9.93. The SMILES string of the molecule is COc1ccc(NC(=O)CN(C)C(=O)c2cccnc2SCc2cc(C)on2)cc1. The quantitative estimate of drug-likeness (QED) is 0.551. The molecule has 0 atom stereocenters. The van der Waals surface area contributed by atoms with Crippen LogP contribution in [-0.2, 0) is 10.5 Å². The molecule has 1 aromatic carbocycles. The molecule has 2 heterocycles. The van der Waals surface area contributed by atoms with Gasteiger partial charge in [0.1, 0.15) is 16.5 Å². The summed E-state index contributed by atoms with van der Waals surface area (Å²) in [6.45, 7) is 1.73. The van der Waals surface area contributed by atoms with E-state index in [1.54, 1.807) is 56.8 Å². The molecule has 30 heavy (non-hydrogen) atoms. The van der Waals surface area contributed by atoms with Gasteiger partial charge in [0, 0.05) is 30.8 Å². The topological polar surface area (TPSA) is 97.6 Å². The number of hydrogen-bond donors (Lipinski definition) is 1. The molecular weight excluding hydrogens is 404 g/mol. The Hall–Kier alpha value is -3.33. The van der Waals surface area contributed by atoms with Gasteiger partial charge in [-0.1, -0.05) is 16.9 Å². The lowest BCUT2D eigenvalue weighted by atomic mass is 10.2. The van der Waals surface area contributed by atoms with Crippen molar-refractivity contribution in [3.63, 3.8) is 0 Å². The van der Waals surface area contributed by atoms with Gasteiger partial charge in [0.15, 0.2) is 0 Å². The number of pyridine rings is 1. The highest BCUT2D eigenvalue weighted by molar-refractivity contribution is 7.98. The average molecular weight is 426 g/mol. The molecule has 1 N–H and O–H groups in total. The number of carbonyl (C=O) groups is 2. The lowest BCUT2D eigenvalue weighted by molar-refractivity contribution is -0.116. The van der Waals surface area contributed by atoms with Crippen LogP contribution in [0.5, 0.6) is 5.75 Å². The average Bonchev–Trinajstić information content (AvgIpc) is 3.17. The van der Waals surface area contributed by atoms with Gasteiger partial charge in [-0.3, -0.25) is 9.59 Å². The fraction of sp³-hybridized carbons (Fsp3) is 0.238. The minimum absolute atomic E-state index is 0.0909. The molecule has 0 aliphatic carbocycles. The highest BCUT2D eigenvalue weighted by atomic mass is 32.2. The van der Waals surface area contributed by atoms with E-state index in [1.165, 1.54) is 16.7 Å². The molecule has 2 aromatic heterocycles. The van der Waals surface area contributed by atoms with Crippen molar-refractivity contribution >= 4 is 29.3 Å². The molecule has 0 fully saturated rings. The van der Waals surface area contributed by atoms with Crippen LogP contribution in [0, 0.1) is 6.92 Å². The summed E-state index contributed by atoms with van der Waals surface area (Å²) in [4.78, 5) is 30.9. The molecule has 0 bridgehead atoms. The van der Waals surface area contributed by atoms with Gasteiger partial charge in [-0.2, -0.15) is 0 Å². The number of aryl methyl sites for hydroxylation is 1. The number of hydrogen-bond acceptors (Lipinski definition) is 7. The molecule has 0 saturated heterocycles. The molecule has 9 heteroatoms. The molecule has 3 rings (SSSR count). The largest absolute Gasteiger partial charge is 0.497 e. The van der Waals surface area contributed by atoms with Gasteiger partial charge in [-0.25, -0.2) is 4.98 Å². The Bertz CT molecular complexity index is 1020. The van der Waals surface area contributed by atoms with Crippen LogP contribution in [0.15, 0.2) is 58.2 Å². The molecule has 0 saturated carbocycles. The molecule has 0 aliphatic rings. The number of likely N-dealkylation sites (N-methyl/N-ethyl adjacent to an activating group) is 1. The Morgan fingerprint density at radius 3 is 2.67 bits per heavy atom. The molecule has 2 amide bonds. The van der Waals surface area contributed by atoms with Crippen molar-refractivity contribution in [2.24, 2.45) is 0 Å². The number of benzene rings is 1. The van der Waals surface area contributed by atoms with Crippen molar-refractivity contribution in [1.29, 1.82) is 0 Å². The van der Waals surface area contributed by atoms with Gasteiger partial charge >= 0.3 is 0 Å². The molecule has 0 radical (unpaired) electrons. The number of carbonyl (C=O) groups excluding carboxylic acids is 2. The summed E-state index contributed by atoms with van der Waals surface area (Å²) in [5, 5.41) is 7.29. The highest BCUT2D eigenvalue weighted by Gasteiger charge is 2.19. The molecule has 0 aliphatic heterocycles. The maximum Gasteiger partial charge on any atom is 0.256 e. The summed E-state index contributed by atoms with van der Waals surface area (Å²) < 4.78 is 10.2. The highest BCUT2D eigenvalue weighted by Crippen LogP contribution is 2.25. The fourth-order valence-electron chi connectivity index (χ4n) is 2.66. The van der Waals surface area contributed by atoms with E-state index in [1.807, 2.05) is 13.0 Å². The van der Waals surface area contributed by atoms with E-state index in [-0.39, 0.29) is 18.4 Å². The molecule has 8 nitrogen and oxygen atoms in total. The summed E-state index contributed by atoms with van der Waals surface area (Å²) in [5.74, 6) is 1.36. The number of rotatable bonds is 8. The van der Waals surface area contributed by atoms with Gasteiger partial charge in [0.05, 0.1) is 24.9 Å². The summed E-state index contributed by atoms with van der Waals surface area (Å²) >= 11 is 1.39. The van der Waals surface area contributed by atoms with Crippen molar-refractivity contribution in [3.8, 4) is 5.75 Å². The van der Waals surface area contributed by atoms with Crippen molar-refractivity contribution in [1.82, 2.24) is 15.0 Å². The van der Waals surface area contributed by atoms with Crippen LogP contribution >= 0.6 is 11.8 Å². The number of ether oxygens (including phenoxy) is 1. The second-order valence-electron chi connectivity index (χ2n) is 6.51. The Balaban J connectivity index is 1.61. The zero-order chi connectivity index (χ0) is 21.5. The third-order valence-electron chi connectivity index (χ3n) is 4.14. The molecular formula is C21H22N4O4S. The Kier molecular flexibility index (Phi) is 7.08. The molecule has 0 spiro atoms. The minimum Gasteiger partial charge on any atom is -0.497 e. The van der Waals surface area contributed by atoms with Crippen molar-refractivity contribution in [2.45, 2.75) is 17.7 Å². The predicted molar refractivity (Wildman–Crippen MR) is 114 cm³/mol. The first-order valence-electron chi connectivity index (χ1n) is 9.15. The van der Waals surface area contributed by atoms with E-state index < -0.39 is 0 Å². The van der Waals surface area contributed by atoms with Crippen molar-refractivity contribution in [3.05, 3.63) is 65.7 Å². The van der Waals surface area contributed by atoms with E-state index in [0.717, 1.165) is 11.5 Å². The summed E-state index contributed by atoms with van der Waals surface area (Å²) in [5.41, 5.74) is 1.83. The van der Waals surface area contributed by atoms with E-state index in [0.29, 0.717) is 27.8 Å². The lowest BCUT2D eigenvalue weighted by Gasteiger charge is -2.18. The van der Waals surface area contributed by atoms with Crippen LogP contribution in [-0.4, -0.2) is 47.6 Å². The first-order valence-corrected chi connectivity index (χ1v) is 10.1. The maximum atomic E-state index is 12.9. The van der Waals surface area contributed by atoms with E-state index in [2.05, 4.69) is 15.5 Å². The Labute approximate surface area is 178 Å². The summed E-state index contributed by atoms with van der Waals surface area (Å²) in [6, 6.07) is 12.2. The van der Waals surface area contributed by atoms with E-state index in [4.69, 9.17) is 9.26 Å². The van der Waals surface area contributed by atoms with Gasteiger partial charge in [0.2, 0.25) is 5.91 Å². The third kappa shape index (κ3) is 5.60. The first kappa shape index (κ1) is 21.4. The predicted octanol–water partition coefficient (Wildman–Crippen LogP) is 3.39. The lowest BCUT2D eigenvalue weighted by Crippen LogP contribution is -2.35. The van der Waals surface area contributed by atoms with Crippen molar-refractivity contribution in [2.75, 3.05) is 26.0 Å². The van der Waals surface area contributed by atoms with Crippen LogP contribution in [0.3, 0.4) is 0 Å². The summed E-state index contributed by atoms with van der Waals surface area (Å²) in [6.07, 6.45) is 1.63. The van der Waals surface area contributed by atoms with E-state index >= 15 is 0 Å². The number of nitrogens with zero attached hydrogens (tertiary/aromatic N) is 3. The van der Waals surface area contributed by atoms with Crippen LogP contribution in [0.2, 0.25) is 0 Å². The van der Waals surface area contributed by atoms with Crippen LogP contribution < -0.4 is 10.1 Å². The maximum absolute atomic E-state index is 12.9. The zero-order valence-electron chi connectivity index (χ0n) is 16.9. The monoisotopic (exact) mass is 426 g/mol. The number of nitrogens with one attached hydrogen (secondary N) is 1. The fourth-order valence-corrected chi connectivity index (χ4v) is 3.53. The third-order valence-corrected chi connectivity index (χ3v) is 5.18. The van der Waals surface area contributed by atoms with Gasteiger partial charge < -0.3 is 19.5 Å². The number of thioether (sulfide) groups is 1. The molecule has 0 unspecified atom stereocenters. The van der Waals surface area contributed by atoms with Gasteiger partial charge in [-0.05, 0) is 43.3 Å². The first-order chi connectivity index (χ1) is 14.5. The molecule has 3 aromatic rings. The smallest absolute Gasteiger partial charge is 0.256 e. The Morgan fingerprint density at radius 2 is 2.00 bits per heavy atom. The van der Waals surface area contributed by atoms with Gasteiger partial charge in [0.25, 0.3) is 5.91 Å². The zero-order valence-corrected chi connectivity index (χ0v) is 17.7. The second-order valence-corrected chi connectivity index (χ2v) is 7.48. The number of aromatic nitrogens is 2. The number of anilines is 1. The summed E-state index contributed by atoms with van der Waals surface area (Å²) in [7, 11) is 3.16. The van der Waals surface area contributed by atoms with Crippen LogP contribution in [0.1, 0.15) is 21.8 Å². The van der Waals surface area contributed by atoms with Crippen LogP contribution in [0.25, 0.3) is 0 Å². The Morgan fingerprint density at radius 1 is 1.23 bits per heavy atom. The van der Waals surface area contributed by atoms with E-state index in [9.17, 15) is 9.59 Å². The van der Waals surface area contributed by atoms with Crippen molar-refractivity contribution < 1.29 is 18.8 Å². The number of amides is 2. The van der Waals surface area contributed by atoms with Crippen LogP contribution in [0.4, 0.5) is 5.69 Å². The standard InChI is InChI=1S/C21H22N4O4S/c1-14-11-16(24-29-14)13-30-20-18(5-4-10-22-20)21(27)25(2)12-19(26)23-15-6-8-17(28-3)9-7-15/h4-11H,12-13H2,1-3H3,(H,23,26).